The van der Waals surface area contributed by atoms with E-state index in [1.54, 1.807) is 12.1 Å². The van der Waals surface area contributed by atoms with Crippen molar-refractivity contribution in [2.45, 2.75) is 6.92 Å². The fourth-order valence-electron chi connectivity index (χ4n) is 2.32. The zero-order valence-corrected chi connectivity index (χ0v) is 14.3. The lowest BCUT2D eigenvalue weighted by molar-refractivity contribution is 0.0962. The van der Waals surface area contributed by atoms with Gasteiger partial charge in [-0.1, -0.05) is 18.2 Å². The van der Waals surface area contributed by atoms with E-state index in [1.807, 2.05) is 19.1 Å². The lowest BCUT2D eigenvalue weighted by Crippen LogP contribution is -2.30. The maximum Gasteiger partial charge on any atom is 0.269 e. The molecule has 27 heavy (non-hydrogen) atoms. The molecule has 138 valence electrons. The molecular weight excluding hydrogens is 354 g/mol. The average Bonchev–Trinajstić information content (AvgIpc) is 2.65. The Hall–Kier alpha value is -3.75. The number of benzene rings is 2. The summed E-state index contributed by atoms with van der Waals surface area (Å²) < 4.78 is 26.3. The minimum atomic E-state index is -1.00. The van der Waals surface area contributed by atoms with E-state index in [1.165, 1.54) is 12.4 Å². The minimum absolute atomic E-state index is 0.0901. The van der Waals surface area contributed by atoms with Gasteiger partial charge in [-0.3, -0.25) is 15.6 Å². The predicted octanol–water partition coefficient (Wildman–Crippen LogP) is 3.15. The van der Waals surface area contributed by atoms with Crippen LogP contribution in [0.15, 0.2) is 48.8 Å². The maximum absolute atomic E-state index is 13.3. The zero-order chi connectivity index (χ0) is 19.4. The number of rotatable bonds is 5. The Bertz CT molecular complexity index is 995. The smallest absolute Gasteiger partial charge is 0.269 e. The van der Waals surface area contributed by atoms with Gasteiger partial charge in [-0.05, 0) is 30.7 Å². The number of nitrogens with two attached hydrogens (primary N) is 1. The molecule has 0 aliphatic carbocycles. The van der Waals surface area contributed by atoms with Crippen LogP contribution in [0.3, 0.4) is 0 Å². The molecule has 0 bridgehead atoms. The van der Waals surface area contributed by atoms with Crippen molar-refractivity contribution in [2.24, 2.45) is 0 Å². The number of nitrogen functional groups attached to an aromatic ring is 1. The number of aromatic nitrogens is 2. The number of nitrogens with zero attached hydrogens (tertiary/aromatic N) is 2. The number of hydrazine groups is 1. The molecule has 7 nitrogen and oxygen atoms in total. The maximum atomic E-state index is 13.3. The van der Waals surface area contributed by atoms with Crippen molar-refractivity contribution in [3.8, 4) is 0 Å². The summed E-state index contributed by atoms with van der Waals surface area (Å²) in [4.78, 5) is 20.2. The van der Waals surface area contributed by atoms with Crippen LogP contribution in [-0.4, -0.2) is 15.9 Å². The Balaban J connectivity index is 1.74. The largest absolute Gasteiger partial charge is 0.393 e. The molecule has 0 aliphatic rings. The van der Waals surface area contributed by atoms with Gasteiger partial charge in [-0.2, -0.15) is 0 Å². The molecule has 0 radical (unpaired) electrons. The summed E-state index contributed by atoms with van der Waals surface area (Å²) >= 11 is 0. The standard InChI is InChI=1S/C18H16F2N6O/c1-10-4-2-3-5-12(10)18(27)26-25-17-15(21)16(22-9-23-17)24-11-6-7-13(19)14(20)8-11/h2-9H,21H2,1H3,(H,26,27)(H2,22,23,24,25). The molecule has 0 fully saturated rings. The van der Waals surface area contributed by atoms with Gasteiger partial charge in [-0.25, -0.2) is 18.7 Å². The normalized spacial score (nSPS) is 10.3. The van der Waals surface area contributed by atoms with E-state index in [-0.39, 0.29) is 28.9 Å². The molecule has 0 saturated carbocycles. The van der Waals surface area contributed by atoms with Crippen molar-refractivity contribution in [1.29, 1.82) is 0 Å². The molecule has 0 saturated heterocycles. The Morgan fingerprint density at radius 2 is 1.78 bits per heavy atom. The van der Waals surface area contributed by atoms with Crippen molar-refractivity contribution < 1.29 is 13.6 Å². The van der Waals surface area contributed by atoms with Crippen molar-refractivity contribution >= 4 is 28.9 Å². The molecule has 2 aromatic carbocycles. The Morgan fingerprint density at radius 1 is 1.04 bits per heavy atom. The van der Waals surface area contributed by atoms with Gasteiger partial charge in [0.2, 0.25) is 0 Å². The Kier molecular flexibility index (Phi) is 5.11. The fraction of sp³-hybridized carbons (Fsp3) is 0.0556. The number of aryl methyl sites for hydroxylation is 1. The molecule has 0 aliphatic heterocycles. The van der Waals surface area contributed by atoms with Crippen LogP contribution in [0, 0.1) is 18.6 Å². The fourth-order valence-corrected chi connectivity index (χ4v) is 2.32. The van der Waals surface area contributed by atoms with Gasteiger partial charge in [0.25, 0.3) is 5.91 Å². The first kappa shape index (κ1) is 18.1. The first-order valence-electron chi connectivity index (χ1n) is 7.90. The van der Waals surface area contributed by atoms with Crippen LogP contribution >= 0.6 is 0 Å². The first-order chi connectivity index (χ1) is 13.0. The van der Waals surface area contributed by atoms with Crippen LogP contribution in [0.2, 0.25) is 0 Å². The molecular formula is C18H16F2N6O. The number of hydrogen-bond donors (Lipinski definition) is 4. The van der Waals surface area contributed by atoms with Gasteiger partial charge in [0.15, 0.2) is 23.3 Å². The van der Waals surface area contributed by atoms with E-state index < -0.39 is 11.6 Å². The summed E-state index contributed by atoms with van der Waals surface area (Å²) in [7, 11) is 0. The lowest BCUT2D eigenvalue weighted by atomic mass is 10.1. The highest BCUT2D eigenvalue weighted by atomic mass is 19.2. The number of carbonyl (C=O) groups is 1. The van der Waals surface area contributed by atoms with E-state index in [9.17, 15) is 13.6 Å². The van der Waals surface area contributed by atoms with Gasteiger partial charge in [0, 0.05) is 17.3 Å². The van der Waals surface area contributed by atoms with Crippen molar-refractivity contribution in [2.75, 3.05) is 16.5 Å². The van der Waals surface area contributed by atoms with Crippen LogP contribution in [-0.2, 0) is 0 Å². The van der Waals surface area contributed by atoms with Gasteiger partial charge >= 0.3 is 0 Å². The number of carbonyl (C=O) groups excluding carboxylic acids is 1. The molecule has 0 spiro atoms. The van der Waals surface area contributed by atoms with Crippen LogP contribution in [0.25, 0.3) is 0 Å². The van der Waals surface area contributed by atoms with Crippen molar-refractivity contribution in [3.05, 3.63) is 71.6 Å². The third-order valence-corrected chi connectivity index (χ3v) is 3.75. The molecule has 1 heterocycles. The van der Waals surface area contributed by atoms with Crippen LogP contribution in [0.1, 0.15) is 15.9 Å². The third kappa shape index (κ3) is 4.09. The van der Waals surface area contributed by atoms with E-state index in [0.29, 0.717) is 5.56 Å². The Morgan fingerprint density at radius 3 is 2.52 bits per heavy atom. The van der Waals surface area contributed by atoms with Crippen LogP contribution in [0.5, 0.6) is 0 Å². The topological polar surface area (TPSA) is 105 Å². The van der Waals surface area contributed by atoms with Gasteiger partial charge in [0.1, 0.15) is 12.0 Å². The molecule has 1 amide bonds. The van der Waals surface area contributed by atoms with E-state index in [0.717, 1.165) is 17.7 Å². The third-order valence-electron chi connectivity index (χ3n) is 3.75. The highest BCUT2D eigenvalue weighted by Gasteiger charge is 2.12. The second-order valence-corrected chi connectivity index (χ2v) is 5.63. The molecule has 1 aromatic heterocycles. The summed E-state index contributed by atoms with van der Waals surface area (Å²) in [5.41, 5.74) is 12.8. The van der Waals surface area contributed by atoms with Crippen molar-refractivity contribution in [3.63, 3.8) is 0 Å². The molecule has 3 aromatic rings. The quantitative estimate of drug-likeness (QED) is 0.514. The number of halogens is 2. The lowest BCUT2D eigenvalue weighted by Gasteiger charge is -2.13. The number of anilines is 4. The Labute approximate surface area is 153 Å². The zero-order valence-electron chi connectivity index (χ0n) is 14.3. The van der Waals surface area contributed by atoms with E-state index in [4.69, 9.17) is 5.73 Å². The van der Waals surface area contributed by atoms with E-state index in [2.05, 4.69) is 26.1 Å². The van der Waals surface area contributed by atoms with Gasteiger partial charge in [0.05, 0.1) is 0 Å². The molecule has 0 atom stereocenters. The van der Waals surface area contributed by atoms with E-state index >= 15 is 0 Å². The van der Waals surface area contributed by atoms with Gasteiger partial charge in [-0.15, -0.1) is 0 Å². The molecule has 3 rings (SSSR count). The van der Waals surface area contributed by atoms with Crippen LogP contribution < -0.4 is 21.9 Å². The monoisotopic (exact) mass is 370 g/mol. The number of hydrogen-bond acceptors (Lipinski definition) is 6. The predicted molar refractivity (Wildman–Crippen MR) is 98.4 cm³/mol. The number of nitrogens with one attached hydrogen (secondary N) is 3. The number of amides is 1. The highest BCUT2D eigenvalue weighted by molar-refractivity contribution is 5.96. The summed E-state index contributed by atoms with van der Waals surface area (Å²) in [5.74, 6) is -2.00. The SMILES string of the molecule is Cc1ccccc1C(=O)NNc1ncnc(Nc2ccc(F)c(F)c2)c1N. The van der Waals surface area contributed by atoms with Crippen LogP contribution in [0.4, 0.5) is 31.8 Å². The first-order valence-corrected chi connectivity index (χ1v) is 7.90. The minimum Gasteiger partial charge on any atom is -0.393 e. The summed E-state index contributed by atoms with van der Waals surface area (Å²) in [5, 5.41) is 2.77. The summed E-state index contributed by atoms with van der Waals surface area (Å²) in [6.45, 7) is 1.82. The molecule has 0 unspecified atom stereocenters. The highest BCUT2D eigenvalue weighted by Crippen LogP contribution is 2.26. The van der Waals surface area contributed by atoms with Crippen molar-refractivity contribution in [1.82, 2.24) is 15.4 Å². The molecule has 5 N–H and O–H groups in total. The average molecular weight is 370 g/mol. The second-order valence-electron chi connectivity index (χ2n) is 5.63. The summed E-state index contributed by atoms with van der Waals surface area (Å²) in [6.07, 6.45) is 1.21. The second kappa shape index (κ2) is 7.65. The summed E-state index contributed by atoms with van der Waals surface area (Å²) in [6, 6.07) is 10.4. The molecule has 9 heteroatoms. The van der Waals surface area contributed by atoms with Gasteiger partial charge < -0.3 is 11.1 Å².